The Labute approximate surface area is 139 Å². The topological polar surface area (TPSA) is 9.23 Å². The van der Waals surface area contributed by atoms with Crippen molar-refractivity contribution < 1.29 is 4.74 Å². The second kappa shape index (κ2) is 10.1. The largest absolute Gasteiger partial charge is 0.359 e. The molecule has 1 heteroatoms. The molecule has 0 aliphatic heterocycles. The summed E-state index contributed by atoms with van der Waals surface area (Å²) in [5.74, 6) is 0. The Morgan fingerprint density at radius 1 is 0.696 bits per heavy atom. The molecule has 0 aliphatic rings. The van der Waals surface area contributed by atoms with Crippen LogP contribution in [-0.4, -0.2) is 12.2 Å². The minimum atomic E-state index is -0.129. The van der Waals surface area contributed by atoms with Crippen molar-refractivity contribution in [2.45, 2.75) is 12.2 Å². The van der Waals surface area contributed by atoms with E-state index in [1.54, 1.807) is 24.3 Å². The lowest BCUT2D eigenvalue weighted by atomic mass is 10.1. The summed E-state index contributed by atoms with van der Waals surface area (Å²) in [5.41, 5.74) is 1.20. The maximum absolute atomic E-state index is 5.38. The van der Waals surface area contributed by atoms with E-state index < -0.39 is 0 Å². The van der Waals surface area contributed by atoms with Gasteiger partial charge in [0.25, 0.3) is 0 Å². The van der Waals surface area contributed by atoms with Crippen molar-refractivity contribution in [3.05, 3.63) is 105 Å². The first kappa shape index (κ1) is 18.4. The molecular weight excluding hydrogens is 280 g/mol. The van der Waals surface area contributed by atoms with Crippen LogP contribution in [-0.2, 0) is 4.74 Å². The van der Waals surface area contributed by atoms with Gasteiger partial charge in [0.1, 0.15) is 0 Å². The highest BCUT2D eigenvalue weighted by Gasteiger charge is 2.03. The fraction of sp³-hybridized carbons (Fsp3) is 0.0909. The zero-order valence-electron chi connectivity index (χ0n) is 13.5. The number of hydrogen-bond donors (Lipinski definition) is 0. The molecule has 0 spiro atoms. The van der Waals surface area contributed by atoms with E-state index in [4.69, 9.17) is 4.74 Å². The smallest absolute Gasteiger partial charge is 0.0944 e. The van der Waals surface area contributed by atoms with Gasteiger partial charge in [-0.15, -0.1) is 26.3 Å². The van der Waals surface area contributed by atoms with Crippen molar-refractivity contribution in [2.75, 3.05) is 0 Å². The molecule has 0 amide bonds. The van der Waals surface area contributed by atoms with Crippen LogP contribution in [0.1, 0.15) is 5.56 Å². The number of fused-ring (bicyclic) bond motifs is 1. The lowest BCUT2D eigenvalue weighted by molar-refractivity contribution is 0.0972. The van der Waals surface area contributed by atoms with Crippen LogP contribution in [0.15, 0.2) is 99.7 Å². The standard InChI is InChI=1S/C12H10.C10H14O/c1-2-10-7-5-8-11-6-3-4-9-12(10)11;1-5-9(6-2)11-10(7-3)8-4/h2-9H,1H2;5-10H,1-4H2. The molecule has 0 saturated heterocycles. The molecule has 0 aromatic heterocycles. The van der Waals surface area contributed by atoms with Crippen LogP contribution >= 0.6 is 0 Å². The molecule has 1 nitrogen and oxygen atoms in total. The second-order valence-electron chi connectivity index (χ2n) is 4.78. The van der Waals surface area contributed by atoms with E-state index in [1.807, 2.05) is 6.08 Å². The molecule has 0 bridgehead atoms. The van der Waals surface area contributed by atoms with Crippen molar-refractivity contribution in [1.82, 2.24) is 0 Å². The molecule has 0 radical (unpaired) electrons. The Hall–Kier alpha value is -2.64. The van der Waals surface area contributed by atoms with Gasteiger partial charge in [0, 0.05) is 0 Å². The quantitative estimate of drug-likeness (QED) is 0.573. The third-order valence-corrected chi connectivity index (χ3v) is 3.29. The Morgan fingerprint density at radius 2 is 1.22 bits per heavy atom. The van der Waals surface area contributed by atoms with Crippen LogP contribution in [0, 0.1) is 0 Å². The van der Waals surface area contributed by atoms with E-state index >= 15 is 0 Å². The van der Waals surface area contributed by atoms with Crippen LogP contribution in [0.4, 0.5) is 0 Å². The van der Waals surface area contributed by atoms with E-state index in [0.29, 0.717) is 0 Å². The molecule has 0 N–H and O–H groups in total. The predicted molar refractivity (Wildman–Crippen MR) is 103 cm³/mol. The molecule has 118 valence electrons. The van der Waals surface area contributed by atoms with Crippen LogP contribution in [0.3, 0.4) is 0 Å². The third-order valence-electron chi connectivity index (χ3n) is 3.29. The fourth-order valence-electron chi connectivity index (χ4n) is 2.02. The van der Waals surface area contributed by atoms with Crippen LogP contribution < -0.4 is 0 Å². The van der Waals surface area contributed by atoms with Gasteiger partial charge in [0.15, 0.2) is 0 Å². The zero-order valence-corrected chi connectivity index (χ0v) is 13.5. The molecule has 0 heterocycles. The minimum Gasteiger partial charge on any atom is -0.359 e. The lowest BCUT2D eigenvalue weighted by Crippen LogP contribution is -2.14. The summed E-state index contributed by atoms with van der Waals surface area (Å²) >= 11 is 0. The normalized spacial score (nSPS) is 9.83. The van der Waals surface area contributed by atoms with E-state index in [-0.39, 0.29) is 12.2 Å². The molecule has 0 aliphatic carbocycles. The van der Waals surface area contributed by atoms with E-state index in [9.17, 15) is 0 Å². The maximum atomic E-state index is 5.38. The monoisotopic (exact) mass is 304 g/mol. The first-order valence-corrected chi connectivity index (χ1v) is 7.46. The van der Waals surface area contributed by atoms with Crippen LogP contribution in [0.25, 0.3) is 16.8 Å². The summed E-state index contributed by atoms with van der Waals surface area (Å²) in [6.07, 6.45) is 8.33. The summed E-state index contributed by atoms with van der Waals surface area (Å²) in [6.45, 7) is 18.1. The highest BCUT2D eigenvalue weighted by atomic mass is 16.5. The summed E-state index contributed by atoms with van der Waals surface area (Å²) < 4.78 is 5.38. The Bertz CT molecular complexity index is 642. The van der Waals surface area contributed by atoms with Crippen molar-refractivity contribution in [1.29, 1.82) is 0 Å². The van der Waals surface area contributed by atoms with E-state index in [2.05, 4.69) is 75.4 Å². The van der Waals surface area contributed by atoms with Gasteiger partial charge in [-0.1, -0.05) is 79.4 Å². The highest BCUT2D eigenvalue weighted by Crippen LogP contribution is 2.18. The third kappa shape index (κ3) is 5.57. The van der Waals surface area contributed by atoms with Gasteiger partial charge < -0.3 is 4.74 Å². The first-order valence-electron chi connectivity index (χ1n) is 7.46. The summed E-state index contributed by atoms with van der Waals surface area (Å²) in [5, 5.41) is 2.55. The van der Waals surface area contributed by atoms with Crippen LogP contribution in [0.2, 0.25) is 0 Å². The number of rotatable bonds is 7. The summed E-state index contributed by atoms with van der Waals surface area (Å²) in [6, 6.07) is 14.6. The molecule has 2 rings (SSSR count). The molecule has 2 aromatic carbocycles. The Balaban J connectivity index is 0.000000232. The summed E-state index contributed by atoms with van der Waals surface area (Å²) in [7, 11) is 0. The van der Waals surface area contributed by atoms with Gasteiger partial charge in [0.2, 0.25) is 0 Å². The van der Waals surface area contributed by atoms with E-state index in [0.717, 1.165) is 0 Å². The van der Waals surface area contributed by atoms with Gasteiger partial charge in [-0.25, -0.2) is 0 Å². The SMILES string of the molecule is C=CC(C=C)OC(C=C)C=C.C=Cc1cccc2ccccc12. The molecule has 0 unspecified atom stereocenters. The van der Waals surface area contributed by atoms with Gasteiger partial charge in [-0.2, -0.15) is 0 Å². The molecule has 23 heavy (non-hydrogen) atoms. The van der Waals surface area contributed by atoms with Crippen LogP contribution in [0.5, 0.6) is 0 Å². The highest BCUT2D eigenvalue weighted by molar-refractivity contribution is 5.90. The number of benzene rings is 2. The molecule has 0 fully saturated rings. The number of ether oxygens (including phenoxy) is 1. The molecule has 0 saturated carbocycles. The zero-order chi connectivity index (χ0) is 17.1. The number of hydrogen-bond acceptors (Lipinski definition) is 1. The van der Waals surface area contributed by atoms with Crippen molar-refractivity contribution >= 4 is 16.8 Å². The van der Waals surface area contributed by atoms with Crippen molar-refractivity contribution in [2.24, 2.45) is 0 Å². The maximum Gasteiger partial charge on any atom is 0.0944 e. The van der Waals surface area contributed by atoms with Gasteiger partial charge in [0.05, 0.1) is 12.2 Å². The Kier molecular flexibility index (Phi) is 8.12. The minimum absolute atomic E-state index is 0.129. The van der Waals surface area contributed by atoms with Gasteiger partial charge >= 0.3 is 0 Å². The first-order chi connectivity index (χ1) is 11.2. The Morgan fingerprint density at radius 3 is 1.74 bits per heavy atom. The average molecular weight is 304 g/mol. The van der Waals surface area contributed by atoms with Gasteiger partial charge in [-0.05, 0) is 16.3 Å². The fourth-order valence-corrected chi connectivity index (χ4v) is 2.02. The molecule has 2 aromatic rings. The van der Waals surface area contributed by atoms with E-state index in [1.165, 1.54) is 16.3 Å². The average Bonchev–Trinajstić information content (AvgIpc) is 2.63. The molecule has 0 atom stereocenters. The molecular formula is C22H24O. The van der Waals surface area contributed by atoms with Crippen molar-refractivity contribution in [3.63, 3.8) is 0 Å². The predicted octanol–water partition coefficient (Wildman–Crippen LogP) is 5.97. The van der Waals surface area contributed by atoms with Crippen molar-refractivity contribution in [3.8, 4) is 0 Å². The summed E-state index contributed by atoms with van der Waals surface area (Å²) in [4.78, 5) is 0. The lowest BCUT2D eigenvalue weighted by Gasteiger charge is -2.13. The second-order valence-corrected chi connectivity index (χ2v) is 4.78. The van der Waals surface area contributed by atoms with Gasteiger partial charge in [-0.3, -0.25) is 0 Å².